The Kier molecular flexibility index (Phi) is 5.06. The van der Waals surface area contributed by atoms with Crippen molar-refractivity contribution in [3.05, 3.63) is 52.9 Å². The summed E-state index contributed by atoms with van der Waals surface area (Å²) >= 11 is 0. The topological polar surface area (TPSA) is 109 Å². The van der Waals surface area contributed by atoms with Gasteiger partial charge in [0.05, 0.1) is 16.9 Å². The molecule has 1 aromatic carbocycles. The second kappa shape index (κ2) is 8.12. The number of carboxylic acids is 1. The molecule has 40 heavy (non-hydrogen) atoms. The Morgan fingerprint density at radius 2 is 1.98 bits per heavy atom. The summed E-state index contributed by atoms with van der Waals surface area (Å²) < 4.78 is 26.1. The molecule has 1 aromatic heterocycles. The van der Waals surface area contributed by atoms with Crippen LogP contribution in [0.15, 0.2) is 36.0 Å². The minimum atomic E-state index is -0.963. The minimum Gasteiger partial charge on any atom is -0.478 e. The maximum absolute atomic E-state index is 14.3. The first-order valence-corrected chi connectivity index (χ1v) is 14.4. The zero-order chi connectivity index (χ0) is 27.5. The average molecular weight is 547 g/mol. The molecule has 0 bridgehead atoms. The van der Waals surface area contributed by atoms with Crippen LogP contribution in [-0.4, -0.2) is 58.2 Å². The van der Waals surface area contributed by atoms with E-state index in [0.717, 1.165) is 43.4 Å². The normalized spacial score (nSPS) is 41.5. The highest BCUT2D eigenvalue weighted by Gasteiger charge is 2.76. The van der Waals surface area contributed by atoms with Gasteiger partial charge in [0.15, 0.2) is 13.6 Å². The molecule has 3 heterocycles. The first kappa shape index (κ1) is 24.9. The Morgan fingerprint density at radius 3 is 2.77 bits per heavy atom. The lowest BCUT2D eigenvalue weighted by atomic mass is 9.45. The maximum Gasteiger partial charge on any atom is 0.335 e. The quantitative estimate of drug-likeness (QED) is 0.591. The van der Waals surface area contributed by atoms with Gasteiger partial charge in [0.25, 0.3) is 0 Å². The maximum atomic E-state index is 14.3. The fourth-order valence-electron chi connectivity index (χ4n) is 9.77. The third-order valence-corrected chi connectivity index (χ3v) is 11.5. The molecule has 1 unspecified atom stereocenters. The average Bonchev–Trinajstić information content (AvgIpc) is 3.70. The van der Waals surface area contributed by atoms with Crippen molar-refractivity contribution < 1.29 is 33.6 Å². The van der Waals surface area contributed by atoms with E-state index in [1.807, 2.05) is 12.3 Å². The number of carbonyl (C=O) groups excluding carboxylic acids is 1. The fraction of sp³-hybridized carbons (Fsp3) is 0.581. The molecule has 1 N–H and O–H groups in total. The number of benzene rings is 1. The van der Waals surface area contributed by atoms with E-state index >= 15 is 0 Å². The van der Waals surface area contributed by atoms with E-state index in [1.54, 1.807) is 22.9 Å². The van der Waals surface area contributed by atoms with Crippen LogP contribution in [0.4, 0.5) is 0 Å². The number of Topliss-reactive ketones (excluding diaryl/α,β-unsaturated/α-hetero) is 1. The molecular weight excluding hydrogens is 512 g/mol. The van der Waals surface area contributed by atoms with Crippen molar-refractivity contribution in [2.24, 2.45) is 28.6 Å². The SMILES string of the molecule is C[C@]12Cc3cn(-c4cccc(C(=O)O)c4)nc3C=C1CC[C@@H]1[C@@H]2C(=O)C[C@@]2(C)[C@H]1CC[C@@]21OCOC12COCO2. The first-order valence-electron chi connectivity index (χ1n) is 14.4. The van der Waals surface area contributed by atoms with Gasteiger partial charge < -0.3 is 24.1 Å². The van der Waals surface area contributed by atoms with Gasteiger partial charge in [-0.05, 0) is 73.8 Å². The van der Waals surface area contributed by atoms with E-state index in [1.165, 1.54) is 5.57 Å². The number of aromatic carboxylic acids is 1. The van der Waals surface area contributed by atoms with Gasteiger partial charge >= 0.3 is 5.97 Å². The number of ether oxygens (including phenoxy) is 4. The number of carboxylic acid groups (broad SMARTS) is 1. The Morgan fingerprint density at radius 1 is 1.12 bits per heavy atom. The highest BCUT2D eigenvalue weighted by atomic mass is 16.9. The van der Waals surface area contributed by atoms with E-state index in [4.69, 9.17) is 24.0 Å². The monoisotopic (exact) mass is 546 g/mol. The molecule has 4 aliphatic carbocycles. The zero-order valence-electron chi connectivity index (χ0n) is 22.9. The number of fused-ring (bicyclic) bond motifs is 8. The number of aromatic nitrogens is 2. The van der Waals surface area contributed by atoms with Crippen molar-refractivity contribution >= 4 is 17.8 Å². The number of carbonyl (C=O) groups is 2. The lowest BCUT2D eigenvalue weighted by Crippen LogP contribution is -2.65. The standard InChI is InChI=1S/C31H34N2O7/c1-28-12-19-14-33(21-5-3-4-18(10-21)27(35)36)32-24(19)11-20(28)6-7-22-23-8-9-30(29(23,2)13-25(34)26(22)28)31(40-17-38-30)15-37-16-39-31/h3-5,10-11,14,22-23,26H,6-9,12-13,15-17H2,1-2H3,(H,35,36)/t22-,23-,26+,28-,29-,30+,31?/m0/s1. The Labute approximate surface area is 232 Å². The van der Waals surface area contributed by atoms with Crippen molar-refractivity contribution in [3.63, 3.8) is 0 Å². The number of ketones is 1. The van der Waals surface area contributed by atoms with Crippen LogP contribution in [0.25, 0.3) is 11.8 Å². The lowest BCUT2D eigenvalue weighted by Gasteiger charge is -2.59. The summed E-state index contributed by atoms with van der Waals surface area (Å²) in [4.78, 5) is 25.9. The van der Waals surface area contributed by atoms with E-state index in [-0.39, 0.29) is 41.8 Å². The van der Waals surface area contributed by atoms with Crippen LogP contribution in [0.1, 0.15) is 67.6 Å². The zero-order valence-corrected chi connectivity index (χ0v) is 22.9. The fourth-order valence-corrected chi connectivity index (χ4v) is 9.77. The van der Waals surface area contributed by atoms with Gasteiger partial charge in [0.1, 0.15) is 18.0 Å². The van der Waals surface area contributed by atoms with Crippen LogP contribution in [0.3, 0.4) is 0 Å². The van der Waals surface area contributed by atoms with Gasteiger partial charge in [-0.3, -0.25) is 4.79 Å². The van der Waals surface area contributed by atoms with Crippen LogP contribution in [0.5, 0.6) is 0 Å². The van der Waals surface area contributed by atoms with Gasteiger partial charge in [-0.25, -0.2) is 9.48 Å². The van der Waals surface area contributed by atoms with Crippen molar-refractivity contribution in [2.45, 2.75) is 63.8 Å². The van der Waals surface area contributed by atoms with E-state index in [0.29, 0.717) is 30.4 Å². The molecule has 9 nitrogen and oxygen atoms in total. The van der Waals surface area contributed by atoms with Crippen molar-refractivity contribution in [1.82, 2.24) is 9.78 Å². The smallest absolute Gasteiger partial charge is 0.335 e. The molecule has 8 rings (SSSR count). The molecule has 9 heteroatoms. The second-order valence-corrected chi connectivity index (χ2v) is 13.1. The molecule has 0 amide bonds. The van der Waals surface area contributed by atoms with Gasteiger partial charge in [-0.2, -0.15) is 5.10 Å². The summed E-state index contributed by atoms with van der Waals surface area (Å²) in [5.41, 5.74) is 2.92. The molecule has 2 spiro atoms. The first-order chi connectivity index (χ1) is 19.2. The number of hydrogen-bond acceptors (Lipinski definition) is 7. The van der Waals surface area contributed by atoms with Crippen LogP contribution in [0, 0.1) is 28.6 Å². The molecule has 6 aliphatic rings. The van der Waals surface area contributed by atoms with Crippen LogP contribution in [0.2, 0.25) is 0 Å². The minimum absolute atomic E-state index is 0.0634. The van der Waals surface area contributed by atoms with Crippen LogP contribution in [-0.2, 0) is 30.2 Å². The second-order valence-electron chi connectivity index (χ2n) is 13.1. The summed E-state index contributed by atoms with van der Waals surface area (Å²) in [6.07, 6.45) is 9.09. The lowest BCUT2D eigenvalue weighted by molar-refractivity contribution is -0.246. The van der Waals surface area contributed by atoms with E-state index in [9.17, 15) is 14.7 Å². The van der Waals surface area contributed by atoms with E-state index < -0.39 is 17.4 Å². The molecular formula is C31H34N2O7. The van der Waals surface area contributed by atoms with Gasteiger partial charge in [0, 0.05) is 29.4 Å². The molecule has 2 saturated heterocycles. The predicted molar refractivity (Wildman–Crippen MR) is 141 cm³/mol. The molecule has 2 aromatic rings. The summed E-state index contributed by atoms with van der Waals surface area (Å²) in [6, 6.07) is 6.83. The Balaban J connectivity index is 1.14. The predicted octanol–water partition coefficient (Wildman–Crippen LogP) is 4.38. The van der Waals surface area contributed by atoms with Crippen molar-refractivity contribution in [3.8, 4) is 5.69 Å². The highest BCUT2D eigenvalue weighted by Crippen LogP contribution is 2.70. The number of rotatable bonds is 2. The van der Waals surface area contributed by atoms with Gasteiger partial charge in [-0.1, -0.05) is 25.5 Å². The summed E-state index contributed by atoms with van der Waals surface area (Å²) in [6.45, 7) is 5.20. The molecule has 5 fully saturated rings. The van der Waals surface area contributed by atoms with Gasteiger partial charge in [0.2, 0.25) is 5.79 Å². The third kappa shape index (κ3) is 2.99. The van der Waals surface area contributed by atoms with E-state index in [2.05, 4.69) is 19.9 Å². The molecule has 0 radical (unpaired) electrons. The summed E-state index contributed by atoms with van der Waals surface area (Å²) in [5, 5.41) is 14.3. The third-order valence-electron chi connectivity index (χ3n) is 11.5. The van der Waals surface area contributed by atoms with Crippen molar-refractivity contribution in [2.75, 3.05) is 20.2 Å². The molecule has 210 valence electrons. The molecule has 7 atom stereocenters. The van der Waals surface area contributed by atoms with Crippen molar-refractivity contribution in [1.29, 1.82) is 0 Å². The number of allylic oxidation sites excluding steroid dienone is 1. The largest absolute Gasteiger partial charge is 0.478 e. The molecule has 3 saturated carbocycles. The van der Waals surface area contributed by atoms with Crippen LogP contribution < -0.4 is 0 Å². The van der Waals surface area contributed by atoms with Gasteiger partial charge in [-0.15, -0.1) is 0 Å². The molecule has 2 aliphatic heterocycles. The highest BCUT2D eigenvalue weighted by molar-refractivity contribution is 5.88. The van der Waals surface area contributed by atoms with Crippen LogP contribution >= 0.6 is 0 Å². The summed E-state index contributed by atoms with van der Waals surface area (Å²) in [5.74, 6) is -1.05. The Bertz CT molecular complexity index is 1470. The Hall–Kier alpha value is -2.85. The number of hydrogen-bond donors (Lipinski definition) is 1. The number of nitrogens with zero attached hydrogens (tertiary/aromatic N) is 2. The summed E-state index contributed by atoms with van der Waals surface area (Å²) in [7, 11) is 0.